The number of nitrogens with zero attached hydrogens (tertiary/aromatic N) is 2. The molecule has 0 unspecified atom stereocenters. The van der Waals surface area contributed by atoms with Crippen LogP contribution in [0.1, 0.15) is 29.3 Å². The van der Waals surface area contributed by atoms with E-state index < -0.39 is 35.5 Å². The number of anilines is 1. The Hall–Kier alpha value is -1.63. The van der Waals surface area contributed by atoms with Gasteiger partial charge in [-0.25, -0.2) is 4.98 Å². The lowest BCUT2D eigenvalue weighted by atomic mass is 9.87. The Kier molecular flexibility index (Phi) is 2.62. The SMILES string of the molecule is [2H]c1nc(C(C)(C)C(F)(F)F)c([2H])c(-c2sc(N)nc2C)c1[2H]. The summed E-state index contributed by atoms with van der Waals surface area (Å²) in [7, 11) is 0. The van der Waals surface area contributed by atoms with Crippen molar-refractivity contribution in [1.82, 2.24) is 9.97 Å². The third-order valence-corrected chi connectivity index (χ3v) is 3.94. The highest BCUT2D eigenvalue weighted by Crippen LogP contribution is 2.41. The smallest absolute Gasteiger partial charge is 0.375 e. The second-order valence-corrected chi connectivity index (χ2v) is 5.82. The molecule has 0 aliphatic rings. The Balaban J connectivity index is 2.83. The van der Waals surface area contributed by atoms with Crippen molar-refractivity contribution in [1.29, 1.82) is 0 Å². The number of hydrogen-bond donors (Lipinski definition) is 1. The summed E-state index contributed by atoms with van der Waals surface area (Å²) in [6.45, 7) is 3.38. The summed E-state index contributed by atoms with van der Waals surface area (Å²) in [6, 6.07) is -0.941. The van der Waals surface area contributed by atoms with E-state index in [2.05, 4.69) is 9.97 Å². The number of nitrogens with two attached hydrogens (primary N) is 1. The van der Waals surface area contributed by atoms with Crippen molar-refractivity contribution in [2.75, 3.05) is 5.73 Å². The molecule has 0 saturated heterocycles. The highest BCUT2D eigenvalue weighted by molar-refractivity contribution is 7.18. The Labute approximate surface area is 122 Å². The molecular formula is C13H14F3N3S. The number of nitrogen functional groups attached to an aromatic ring is 1. The van der Waals surface area contributed by atoms with Gasteiger partial charge in [0, 0.05) is 6.17 Å². The minimum atomic E-state index is -4.65. The van der Waals surface area contributed by atoms with Gasteiger partial charge in [-0.3, -0.25) is 4.98 Å². The van der Waals surface area contributed by atoms with E-state index in [-0.39, 0.29) is 10.7 Å². The van der Waals surface area contributed by atoms with Crippen LogP contribution in [0.2, 0.25) is 0 Å². The first-order chi connectivity index (χ1) is 10.4. The molecule has 0 fully saturated rings. The van der Waals surface area contributed by atoms with E-state index in [0.29, 0.717) is 10.6 Å². The molecule has 0 aromatic carbocycles. The molecule has 108 valence electrons. The third-order valence-electron chi connectivity index (χ3n) is 2.93. The van der Waals surface area contributed by atoms with Crippen molar-refractivity contribution >= 4 is 16.5 Å². The second-order valence-electron chi connectivity index (χ2n) is 4.79. The van der Waals surface area contributed by atoms with Crippen molar-refractivity contribution in [3.8, 4) is 10.4 Å². The highest BCUT2D eigenvalue weighted by atomic mass is 32.1. The number of aryl methyl sites for hydroxylation is 1. The maximum absolute atomic E-state index is 13.3. The summed E-state index contributed by atoms with van der Waals surface area (Å²) < 4.78 is 63.6. The molecule has 20 heavy (non-hydrogen) atoms. The van der Waals surface area contributed by atoms with Crippen LogP contribution in [0.15, 0.2) is 18.3 Å². The molecule has 0 bridgehead atoms. The first-order valence-electron chi connectivity index (χ1n) is 7.16. The van der Waals surface area contributed by atoms with Gasteiger partial charge in [-0.1, -0.05) is 11.3 Å². The molecule has 0 saturated carbocycles. The van der Waals surface area contributed by atoms with E-state index in [4.69, 9.17) is 9.85 Å². The van der Waals surface area contributed by atoms with Gasteiger partial charge in [0.05, 0.1) is 20.4 Å². The first kappa shape index (κ1) is 11.1. The summed E-state index contributed by atoms with van der Waals surface area (Å²) in [5.74, 6) is 0. The zero-order valence-corrected chi connectivity index (χ0v) is 11.8. The number of hydrogen-bond acceptors (Lipinski definition) is 4. The number of pyridine rings is 1. The first-order valence-corrected chi connectivity index (χ1v) is 6.47. The van der Waals surface area contributed by atoms with E-state index in [0.717, 1.165) is 25.2 Å². The molecular weight excluding hydrogens is 287 g/mol. The van der Waals surface area contributed by atoms with Gasteiger partial charge in [0.15, 0.2) is 5.13 Å². The molecule has 3 nitrogen and oxygen atoms in total. The maximum Gasteiger partial charge on any atom is 0.399 e. The minimum absolute atomic E-state index is 0.0935. The fourth-order valence-corrected chi connectivity index (χ4v) is 2.30. The summed E-state index contributed by atoms with van der Waals surface area (Å²) in [5, 5.41) is 0.177. The number of aromatic nitrogens is 2. The lowest BCUT2D eigenvalue weighted by Crippen LogP contribution is -2.37. The van der Waals surface area contributed by atoms with Crippen LogP contribution < -0.4 is 5.73 Å². The van der Waals surface area contributed by atoms with Crippen molar-refractivity contribution in [3.63, 3.8) is 0 Å². The van der Waals surface area contributed by atoms with Crippen LogP contribution in [-0.2, 0) is 5.41 Å². The molecule has 0 spiro atoms. The average Bonchev–Trinajstić information content (AvgIpc) is 2.71. The van der Waals surface area contributed by atoms with Crippen LogP contribution in [0, 0.1) is 6.92 Å². The normalized spacial score (nSPS) is 14.8. The third kappa shape index (κ3) is 2.49. The molecule has 2 heterocycles. The molecule has 7 heteroatoms. The molecule has 2 aromatic heterocycles. The molecule has 2 N–H and O–H groups in total. The van der Waals surface area contributed by atoms with Crippen LogP contribution in [0.25, 0.3) is 10.4 Å². The number of rotatable bonds is 2. The topological polar surface area (TPSA) is 51.8 Å². The molecule has 2 rings (SSSR count). The summed E-state index contributed by atoms with van der Waals surface area (Å²) in [4.78, 5) is 7.84. The Morgan fingerprint density at radius 2 is 2.00 bits per heavy atom. The van der Waals surface area contributed by atoms with Gasteiger partial charge < -0.3 is 5.73 Å². The molecule has 2 aromatic rings. The van der Waals surface area contributed by atoms with E-state index in [1.807, 2.05) is 0 Å². The van der Waals surface area contributed by atoms with Crippen molar-refractivity contribution < 1.29 is 17.3 Å². The van der Waals surface area contributed by atoms with Gasteiger partial charge in [-0.2, -0.15) is 13.2 Å². The van der Waals surface area contributed by atoms with Crippen LogP contribution in [0.4, 0.5) is 18.3 Å². The minimum Gasteiger partial charge on any atom is -0.375 e. The predicted molar refractivity (Wildman–Crippen MR) is 73.6 cm³/mol. The van der Waals surface area contributed by atoms with Crippen LogP contribution in [-0.4, -0.2) is 16.1 Å². The van der Waals surface area contributed by atoms with Gasteiger partial charge in [-0.05, 0) is 38.4 Å². The maximum atomic E-state index is 13.3. The van der Waals surface area contributed by atoms with E-state index in [9.17, 15) is 13.2 Å². The molecule has 0 radical (unpaired) electrons. The van der Waals surface area contributed by atoms with Gasteiger partial charge >= 0.3 is 6.18 Å². The Morgan fingerprint density at radius 1 is 1.35 bits per heavy atom. The second kappa shape index (κ2) is 4.73. The van der Waals surface area contributed by atoms with Gasteiger partial charge in [0.2, 0.25) is 0 Å². The van der Waals surface area contributed by atoms with Gasteiger partial charge in [0.25, 0.3) is 0 Å². The monoisotopic (exact) mass is 304 g/mol. The van der Waals surface area contributed by atoms with E-state index in [1.165, 1.54) is 0 Å². The van der Waals surface area contributed by atoms with Crippen LogP contribution >= 0.6 is 11.3 Å². The molecule has 0 aliphatic carbocycles. The highest BCUT2D eigenvalue weighted by Gasteiger charge is 2.49. The lowest BCUT2D eigenvalue weighted by molar-refractivity contribution is -0.181. The van der Waals surface area contributed by atoms with Crippen LogP contribution in [0.3, 0.4) is 0 Å². The average molecular weight is 304 g/mol. The summed E-state index contributed by atoms with van der Waals surface area (Å²) in [6.07, 6.45) is -5.26. The van der Waals surface area contributed by atoms with Crippen LogP contribution in [0.5, 0.6) is 0 Å². The lowest BCUT2D eigenvalue weighted by Gasteiger charge is -2.27. The van der Waals surface area contributed by atoms with Crippen molar-refractivity contribution in [2.45, 2.75) is 32.4 Å². The molecule has 0 amide bonds. The Bertz CT molecular complexity index is 772. The fourth-order valence-electron chi connectivity index (χ4n) is 1.51. The largest absolute Gasteiger partial charge is 0.399 e. The van der Waals surface area contributed by atoms with Gasteiger partial charge in [0.1, 0.15) is 5.41 Å². The summed E-state index contributed by atoms with van der Waals surface area (Å²) in [5.41, 5.74) is 2.88. The molecule has 0 aliphatic heterocycles. The quantitative estimate of drug-likeness (QED) is 0.914. The predicted octanol–water partition coefficient (Wildman–Crippen LogP) is 3.94. The number of alkyl halides is 3. The zero-order chi connectivity index (χ0) is 17.7. The van der Waals surface area contributed by atoms with Crippen molar-refractivity contribution in [3.05, 3.63) is 29.6 Å². The fraction of sp³-hybridized carbons (Fsp3) is 0.385. The summed E-state index contributed by atoms with van der Waals surface area (Å²) >= 11 is 0.966. The van der Waals surface area contributed by atoms with E-state index >= 15 is 0 Å². The van der Waals surface area contributed by atoms with Crippen molar-refractivity contribution in [2.24, 2.45) is 0 Å². The van der Waals surface area contributed by atoms with Gasteiger partial charge in [-0.15, -0.1) is 0 Å². The Morgan fingerprint density at radius 3 is 2.50 bits per heavy atom. The number of thiazole rings is 1. The zero-order valence-electron chi connectivity index (χ0n) is 14.0. The molecule has 0 atom stereocenters. The number of halogens is 3. The van der Waals surface area contributed by atoms with E-state index in [1.54, 1.807) is 6.92 Å². The standard InChI is InChI=1S/C13H14F3N3S/c1-7-10(20-11(17)19-7)8-4-5-18-9(6-8)12(2,3)13(14,15)16/h4-6H,1-3H3,(H2,17,19)/i4D,5D,6D.